The first-order valence-electron chi connectivity index (χ1n) is 11.5. The first-order valence-corrected chi connectivity index (χ1v) is 11.5. The largest absolute Gasteiger partial charge is 0.478 e. The third-order valence-corrected chi connectivity index (χ3v) is 6.23. The number of fused-ring (bicyclic) bond motifs is 6. The predicted octanol–water partition coefficient (Wildman–Crippen LogP) is 4.77. The number of hydrogen-bond donors (Lipinski definition) is 2. The topological polar surface area (TPSA) is 129 Å². The molecule has 2 aliphatic rings. The van der Waals surface area contributed by atoms with Crippen LogP contribution in [0.15, 0.2) is 78.9 Å². The summed E-state index contributed by atoms with van der Waals surface area (Å²) in [5.74, 6) is -1.54. The van der Waals surface area contributed by atoms with Gasteiger partial charge < -0.3 is 29.2 Å². The number of benzene rings is 3. The summed E-state index contributed by atoms with van der Waals surface area (Å²) in [7, 11) is 0. The summed E-state index contributed by atoms with van der Waals surface area (Å²) >= 11 is 0. The van der Waals surface area contributed by atoms with Gasteiger partial charge in [0.25, 0.3) is 0 Å². The Hall–Kier alpha value is -4.73. The van der Waals surface area contributed by atoms with Crippen LogP contribution in [0.4, 0.5) is 0 Å². The molecule has 2 aliphatic heterocycles. The van der Waals surface area contributed by atoms with E-state index in [1.807, 2.05) is 0 Å². The van der Waals surface area contributed by atoms with Gasteiger partial charge in [-0.15, -0.1) is 0 Å². The maximum absolute atomic E-state index is 12.1. The van der Waals surface area contributed by atoms with Crippen molar-refractivity contribution in [2.75, 3.05) is 0 Å². The average molecular weight is 514 g/mol. The van der Waals surface area contributed by atoms with Crippen molar-refractivity contribution < 1.29 is 43.5 Å². The smallest absolute Gasteiger partial charge is 0.338 e. The van der Waals surface area contributed by atoms with E-state index in [1.165, 1.54) is 38.1 Å². The second-order valence-electron chi connectivity index (χ2n) is 9.02. The quantitative estimate of drug-likeness (QED) is 0.281. The molecule has 1 unspecified atom stereocenters. The summed E-state index contributed by atoms with van der Waals surface area (Å²) in [6, 6.07) is 13.7. The SMILES string of the molecule is C=C(C)C(=O)Oc1ccc2c(c1)Oc1cc(OC(=O)C(=C)C)ccc1C21OC(O)c2cc(C(=O)O)ccc21. The molecular weight excluding hydrogens is 492 g/mol. The molecule has 3 aromatic rings. The highest BCUT2D eigenvalue weighted by molar-refractivity contribution is 5.90. The molecule has 1 spiro atoms. The van der Waals surface area contributed by atoms with Gasteiger partial charge in [0, 0.05) is 45.5 Å². The summed E-state index contributed by atoms with van der Waals surface area (Å²) < 4.78 is 23.1. The Kier molecular flexibility index (Phi) is 5.90. The van der Waals surface area contributed by atoms with Crippen LogP contribution in [0.1, 0.15) is 52.7 Å². The van der Waals surface area contributed by atoms with Gasteiger partial charge in [0.15, 0.2) is 11.9 Å². The van der Waals surface area contributed by atoms with Gasteiger partial charge >= 0.3 is 17.9 Å². The lowest BCUT2D eigenvalue weighted by Crippen LogP contribution is -2.32. The van der Waals surface area contributed by atoms with E-state index in [0.717, 1.165) is 0 Å². The molecule has 0 saturated carbocycles. The highest BCUT2D eigenvalue weighted by atomic mass is 16.6. The van der Waals surface area contributed by atoms with Crippen LogP contribution in [0, 0.1) is 0 Å². The Morgan fingerprint density at radius 3 is 1.79 bits per heavy atom. The van der Waals surface area contributed by atoms with Crippen molar-refractivity contribution in [2.45, 2.75) is 25.7 Å². The van der Waals surface area contributed by atoms with Gasteiger partial charge in [0.05, 0.1) is 5.56 Å². The maximum Gasteiger partial charge on any atom is 0.338 e. The molecule has 2 N–H and O–H groups in total. The van der Waals surface area contributed by atoms with Crippen molar-refractivity contribution in [1.82, 2.24) is 0 Å². The predicted molar refractivity (Wildman–Crippen MR) is 133 cm³/mol. The number of esters is 2. The van der Waals surface area contributed by atoms with E-state index in [-0.39, 0.29) is 45.3 Å². The van der Waals surface area contributed by atoms with Gasteiger partial charge in [-0.25, -0.2) is 14.4 Å². The molecule has 2 heterocycles. The molecule has 1 atom stereocenters. The zero-order valence-corrected chi connectivity index (χ0v) is 20.4. The standard InChI is InChI=1S/C29H22O9/c1-14(2)26(32)35-17-6-9-21-23(12-17)37-24-13-18(36-27(33)15(3)4)7-10-22(24)29(21)20-8-5-16(25(30)31)11-19(20)28(34)38-29/h5-13,28,34H,1,3H2,2,4H3,(H,30,31). The number of carboxylic acids is 1. The Labute approximate surface area is 217 Å². The van der Waals surface area contributed by atoms with E-state index in [0.29, 0.717) is 16.7 Å². The number of aliphatic hydroxyl groups is 1. The van der Waals surface area contributed by atoms with Gasteiger partial charge in [0.1, 0.15) is 23.0 Å². The summed E-state index contributed by atoms with van der Waals surface area (Å²) in [5, 5.41) is 20.4. The molecular formula is C29H22O9. The lowest BCUT2D eigenvalue weighted by Gasteiger charge is -2.37. The van der Waals surface area contributed by atoms with Crippen LogP contribution in [-0.2, 0) is 19.9 Å². The minimum atomic E-state index is -1.45. The molecule has 38 heavy (non-hydrogen) atoms. The molecule has 3 aromatic carbocycles. The van der Waals surface area contributed by atoms with Crippen molar-refractivity contribution >= 4 is 17.9 Å². The fourth-order valence-electron chi connectivity index (χ4n) is 4.47. The molecule has 0 radical (unpaired) electrons. The highest BCUT2D eigenvalue weighted by Gasteiger charge is 2.53. The fraction of sp³-hybridized carbons (Fsp3) is 0.138. The molecule has 0 bridgehead atoms. The van der Waals surface area contributed by atoms with Gasteiger partial charge in [-0.3, -0.25) is 0 Å². The average Bonchev–Trinajstić information content (AvgIpc) is 3.15. The number of ether oxygens (including phenoxy) is 4. The molecule has 9 heteroatoms. The number of carboxylic acid groups (broad SMARTS) is 1. The first kappa shape index (κ1) is 24.9. The Bertz CT molecular complexity index is 1490. The minimum Gasteiger partial charge on any atom is -0.478 e. The van der Waals surface area contributed by atoms with E-state index < -0.39 is 29.8 Å². The van der Waals surface area contributed by atoms with Crippen LogP contribution >= 0.6 is 0 Å². The normalized spacial score (nSPS) is 15.9. The zero-order chi connectivity index (χ0) is 27.4. The number of hydrogen-bond acceptors (Lipinski definition) is 8. The lowest BCUT2D eigenvalue weighted by molar-refractivity contribution is -0.142. The van der Waals surface area contributed by atoms with Crippen molar-refractivity contribution in [1.29, 1.82) is 0 Å². The van der Waals surface area contributed by atoms with Crippen LogP contribution in [0.2, 0.25) is 0 Å². The molecule has 0 aromatic heterocycles. The van der Waals surface area contributed by atoms with E-state index >= 15 is 0 Å². The number of aromatic carboxylic acids is 1. The number of carbonyl (C=O) groups excluding carboxylic acids is 2. The molecule has 9 nitrogen and oxygen atoms in total. The van der Waals surface area contributed by atoms with Crippen LogP contribution in [0.5, 0.6) is 23.0 Å². The number of aliphatic hydroxyl groups excluding tert-OH is 1. The first-order chi connectivity index (χ1) is 18.0. The third-order valence-electron chi connectivity index (χ3n) is 6.23. The van der Waals surface area contributed by atoms with Crippen molar-refractivity contribution in [2.24, 2.45) is 0 Å². The maximum atomic E-state index is 12.1. The molecule has 192 valence electrons. The molecule has 0 saturated heterocycles. The molecule has 0 amide bonds. The molecule has 5 rings (SSSR count). The lowest BCUT2D eigenvalue weighted by atomic mass is 9.77. The fourth-order valence-corrected chi connectivity index (χ4v) is 4.47. The second-order valence-corrected chi connectivity index (χ2v) is 9.02. The molecule has 0 aliphatic carbocycles. The minimum absolute atomic E-state index is 0.0138. The monoisotopic (exact) mass is 514 g/mol. The van der Waals surface area contributed by atoms with E-state index in [9.17, 15) is 24.6 Å². The van der Waals surface area contributed by atoms with E-state index in [1.54, 1.807) is 30.3 Å². The second kappa shape index (κ2) is 8.98. The Balaban J connectivity index is 1.70. The van der Waals surface area contributed by atoms with Crippen molar-refractivity contribution in [3.8, 4) is 23.0 Å². The van der Waals surface area contributed by atoms with Gasteiger partial charge in [-0.05, 0) is 50.2 Å². The van der Waals surface area contributed by atoms with Crippen LogP contribution in [0.25, 0.3) is 0 Å². The molecule has 0 fully saturated rings. The number of carbonyl (C=O) groups is 3. The van der Waals surface area contributed by atoms with Gasteiger partial charge in [-0.2, -0.15) is 0 Å². The summed E-state index contributed by atoms with van der Waals surface area (Å²) in [6.07, 6.45) is -1.45. The third kappa shape index (κ3) is 3.94. The van der Waals surface area contributed by atoms with Crippen LogP contribution < -0.4 is 14.2 Å². The van der Waals surface area contributed by atoms with Gasteiger partial charge in [0.2, 0.25) is 0 Å². The number of rotatable bonds is 5. The van der Waals surface area contributed by atoms with Crippen molar-refractivity contribution in [3.05, 3.63) is 107 Å². The summed E-state index contributed by atoms with van der Waals surface area (Å²) in [5.41, 5.74) is 0.723. The Morgan fingerprint density at radius 2 is 1.32 bits per heavy atom. The van der Waals surface area contributed by atoms with Crippen molar-refractivity contribution in [3.63, 3.8) is 0 Å². The highest BCUT2D eigenvalue weighted by Crippen LogP contribution is 2.59. The summed E-state index contributed by atoms with van der Waals surface area (Å²) in [4.78, 5) is 35.8. The van der Waals surface area contributed by atoms with E-state index in [2.05, 4.69) is 13.2 Å². The Morgan fingerprint density at radius 1 is 0.816 bits per heavy atom. The van der Waals surface area contributed by atoms with Gasteiger partial charge in [-0.1, -0.05) is 19.2 Å². The summed E-state index contributed by atoms with van der Waals surface area (Å²) in [6.45, 7) is 10.2. The van der Waals surface area contributed by atoms with Crippen LogP contribution in [0.3, 0.4) is 0 Å². The van der Waals surface area contributed by atoms with E-state index in [4.69, 9.17) is 18.9 Å². The zero-order valence-electron chi connectivity index (χ0n) is 20.4. The van der Waals surface area contributed by atoms with Crippen LogP contribution in [-0.4, -0.2) is 28.1 Å².